The lowest BCUT2D eigenvalue weighted by Crippen LogP contribution is -2.50. The maximum atomic E-state index is 13.1. The number of rotatable bonds is 7. The number of likely N-dealkylation sites (tertiary alicyclic amines) is 2. The van der Waals surface area contributed by atoms with Gasteiger partial charge in [0.25, 0.3) is 0 Å². The standard InChI is InChI=1S/C25H36FN3O3/c1-3-4-13-27(2)24(31)20-11-15-28(16-12-20)25(32)21-6-5-14-29(18-21)23(30)17-19-7-9-22(26)10-8-19/h7-10,20-21H,3-6,11-18H2,1-2H3. The first-order valence-electron chi connectivity index (χ1n) is 11.9. The molecule has 2 aliphatic heterocycles. The molecular formula is C25H36FN3O3. The van der Waals surface area contributed by atoms with Crippen molar-refractivity contribution in [2.24, 2.45) is 11.8 Å². The zero-order valence-corrected chi connectivity index (χ0v) is 19.4. The number of piperidine rings is 2. The molecule has 0 N–H and O–H groups in total. The van der Waals surface area contributed by atoms with Gasteiger partial charge in [-0.2, -0.15) is 0 Å². The highest BCUT2D eigenvalue weighted by atomic mass is 19.1. The Morgan fingerprint density at radius 3 is 2.34 bits per heavy atom. The van der Waals surface area contributed by atoms with Crippen LogP contribution >= 0.6 is 0 Å². The average molecular weight is 446 g/mol. The molecule has 1 aromatic rings. The zero-order valence-electron chi connectivity index (χ0n) is 19.4. The Morgan fingerprint density at radius 1 is 1.00 bits per heavy atom. The maximum Gasteiger partial charge on any atom is 0.227 e. The normalized spacial score (nSPS) is 19.7. The molecule has 1 unspecified atom stereocenters. The van der Waals surface area contributed by atoms with E-state index in [0.717, 1.165) is 37.8 Å². The van der Waals surface area contributed by atoms with Crippen LogP contribution < -0.4 is 0 Å². The third-order valence-corrected chi connectivity index (χ3v) is 6.77. The largest absolute Gasteiger partial charge is 0.346 e. The van der Waals surface area contributed by atoms with E-state index in [1.165, 1.54) is 12.1 Å². The molecule has 1 aromatic carbocycles. The van der Waals surface area contributed by atoms with Crippen molar-refractivity contribution in [2.75, 3.05) is 39.8 Å². The van der Waals surface area contributed by atoms with Gasteiger partial charge in [-0.25, -0.2) is 4.39 Å². The Balaban J connectivity index is 1.48. The first kappa shape index (κ1) is 24.2. The summed E-state index contributed by atoms with van der Waals surface area (Å²) in [5.41, 5.74) is 0.778. The summed E-state index contributed by atoms with van der Waals surface area (Å²) in [4.78, 5) is 44.0. The van der Waals surface area contributed by atoms with Crippen molar-refractivity contribution in [1.29, 1.82) is 0 Å². The average Bonchev–Trinajstić information content (AvgIpc) is 2.83. The van der Waals surface area contributed by atoms with Gasteiger partial charge in [-0.15, -0.1) is 0 Å². The fraction of sp³-hybridized carbons (Fsp3) is 0.640. The Kier molecular flexibility index (Phi) is 8.65. The molecule has 0 radical (unpaired) electrons. The summed E-state index contributed by atoms with van der Waals surface area (Å²) in [7, 11) is 1.87. The molecule has 2 heterocycles. The van der Waals surface area contributed by atoms with E-state index >= 15 is 0 Å². The van der Waals surface area contributed by atoms with E-state index in [1.54, 1.807) is 17.0 Å². The van der Waals surface area contributed by atoms with E-state index in [9.17, 15) is 18.8 Å². The van der Waals surface area contributed by atoms with Crippen molar-refractivity contribution >= 4 is 17.7 Å². The number of nitrogens with zero attached hydrogens (tertiary/aromatic N) is 3. The number of benzene rings is 1. The van der Waals surface area contributed by atoms with Crippen molar-refractivity contribution in [3.63, 3.8) is 0 Å². The van der Waals surface area contributed by atoms with Crippen LogP contribution in [0.25, 0.3) is 0 Å². The summed E-state index contributed by atoms with van der Waals surface area (Å²) in [6, 6.07) is 5.98. The highest BCUT2D eigenvalue weighted by Crippen LogP contribution is 2.25. The summed E-state index contributed by atoms with van der Waals surface area (Å²) in [6.07, 6.45) is 5.32. The molecule has 0 aliphatic carbocycles. The van der Waals surface area contributed by atoms with Crippen molar-refractivity contribution in [3.8, 4) is 0 Å². The number of halogens is 1. The van der Waals surface area contributed by atoms with Crippen molar-refractivity contribution in [3.05, 3.63) is 35.6 Å². The van der Waals surface area contributed by atoms with Gasteiger partial charge >= 0.3 is 0 Å². The van der Waals surface area contributed by atoms with E-state index in [1.807, 2.05) is 16.8 Å². The molecule has 1 atom stereocenters. The summed E-state index contributed by atoms with van der Waals surface area (Å²) in [5, 5.41) is 0. The van der Waals surface area contributed by atoms with Crippen molar-refractivity contribution in [2.45, 2.75) is 51.9 Å². The maximum absolute atomic E-state index is 13.1. The second-order valence-electron chi connectivity index (χ2n) is 9.20. The van der Waals surface area contributed by atoms with Crippen LogP contribution in [0.3, 0.4) is 0 Å². The van der Waals surface area contributed by atoms with Crippen molar-refractivity contribution in [1.82, 2.24) is 14.7 Å². The number of carbonyl (C=O) groups is 3. The monoisotopic (exact) mass is 445 g/mol. The Bertz CT molecular complexity index is 790. The fourth-order valence-corrected chi connectivity index (χ4v) is 4.72. The third-order valence-electron chi connectivity index (χ3n) is 6.77. The van der Waals surface area contributed by atoms with Crippen LogP contribution in [0.1, 0.15) is 51.0 Å². The molecule has 2 saturated heterocycles. The van der Waals surface area contributed by atoms with Crippen molar-refractivity contribution < 1.29 is 18.8 Å². The highest BCUT2D eigenvalue weighted by Gasteiger charge is 2.34. The minimum Gasteiger partial charge on any atom is -0.346 e. The van der Waals surface area contributed by atoms with E-state index < -0.39 is 0 Å². The first-order valence-corrected chi connectivity index (χ1v) is 11.9. The molecule has 3 amide bonds. The zero-order chi connectivity index (χ0) is 23.1. The predicted molar refractivity (Wildman–Crippen MR) is 121 cm³/mol. The number of amides is 3. The number of unbranched alkanes of at least 4 members (excludes halogenated alkanes) is 1. The van der Waals surface area contributed by atoms with E-state index in [-0.39, 0.29) is 41.8 Å². The molecule has 2 aliphatic rings. The second kappa shape index (κ2) is 11.4. The lowest BCUT2D eigenvalue weighted by Gasteiger charge is -2.38. The second-order valence-corrected chi connectivity index (χ2v) is 9.20. The van der Waals surface area contributed by atoms with E-state index in [4.69, 9.17) is 0 Å². The van der Waals surface area contributed by atoms with Crippen LogP contribution in [-0.4, -0.2) is 72.2 Å². The molecule has 0 saturated carbocycles. The summed E-state index contributed by atoms with van der Waals surface area (Å²) in [5.74, 6) is -0.215. The van der Waals surface area contributed by atoms with E-state index in [0.29, 0.717) is 39.0 Å². The molecule has 32 heavy (non-hydrogen) atoms. The van der Waals surface area contributed by atoms with Gasteiger partial charge < -0.3 is 14.7 Å². The first-order chi connectivity index (χ1) is 15.4. The van der Waals surface area contributed by atoms with Crippen LogP contribution in [0.15, 0.2) is 24.3 Å². The smallest absolute Gasteiger partial charge is 0.227 e. The minimum atomic E-state index is -0.317. The number of hydrogen-bond acceptors (Lipinski definition) is 3. The predicted octanol–water partition coefficient (Wildman–Crippen LogP) is 3.10. The quantitative estimate of drug-likeness (QED) is 0.648. The van der Waals surface area contributed by atoms with Gasteiger partial charge in [0, 0.05) is 45.7 Å². The Labute approximate surface area is 190 Å². The van der Waals surface area contributed by atoms with Crippen LogP contribution in [0.4, 0.5) is 4.39 Å². The molecule has 6 nitrogen and oxygen atoms in total. The minimum absolute atomic E-state index is 0.000970. The topological polar surface area (TPSA) is 60.9 Å². The van der Waals surface area contributed by atoms with Gasteiger partial charge in [0.2, 0.25) is 17.7 Å². The molecule has 0 aromatic heterocycles. The summed E-state index contributed by atoms with van der Waals surface area (Å²) in [6.45, 7) is 5.22. The van der Waals surface area contributed by atoms with Crippen LogP contribution in [0.2, 0.25) is 0 Å². The highest BCUT2D eigenvalue weighted by molar-refractivity contribution is 5.83. The van der Waals surface area contributed by atoms with Gasteiger partial charge in [-0.05, 0) is 49.8 Å². The van der Waals surface area contributed by atoms with Gasteiger partial charge in [0.05, 0.1) is 12.3 Å². The Hall–Kier alpha value is -2.44. The molecule has 7 heteroatoms. The number of hydrogen-bond donors (Lipinski definition) is 0. The molecule has 0 spiro atoms. The Morgan fingerprint density at radius 2 is 1.69 bits per heavy atom. The van der Waals surface area contributed by atoms with Crippen LogP contribution in [-0.2, 0) is 20.8 Å². The van der Waals surface area contributed by atoms with Gasteiger partial charge in [-0.1, -0.05) is 25.5 Å². The number of carbonyl (C=O) groups excluding carboxylic acids is 3. The molecular weight excluding hydrogens is 409 g/mol. The molecule has 2 fully saturated rings. The lowest BCUT2D eigenvalue weighted by atomic mass is 9.92. The summed E-state index contributed by atoms with van der Waals surface area (Å²) >= 11 is 0. The fourth-order valence-electron chi connectivity index (χ4n) is 4.72. The van der Waals surface area contributed by atoms with E-state index in [2.05, 4.69) is 6.92 Å². The van der Waals surface area contributed by atoms with Gasteiger partial charge in [-0.3, -0.25) is 14.4 Å². The van der Waals surface area contributed by atoms with Gasteiger partial charge in [0.15, 0.2) is 0 Å². The summed E-state index contributed by atoms with van der Waals surface area (Å²) < 4.78 is 13.1. The molecule has 3 rings (SSSR count). The third kappa shape index (κ3) is 6.30. The SMILES string of the molecule is CCCCN(C)C(=O)C1CCN(C(=O)C2CCCN(C(=O)Cc3ccc(F)cc3)C2)CC1. The molecule has 176 valence electrons. The lowest BCUT2D eigenvalue weighted by molar-refractivity contribution is -0.144. The van der Waals surface area contributed by atoms with Gasteiger partial charge in [0.1, 0.15) is 5.82 Å². The van der Waals surface area contributed by atoms with Crippen LogP contribution in [0.5, 0.6) is 0 Å². The molecule has 0 bridgehead atoms. The van der Waals surface area contributed by atoms with Crippen LogP contribution in [0, 0.1) is 17.7 Å².